The summed E-state index contributed by atoms with van der Waals surface area (Å²) in [6.07, 6.45) is 0. The van der Waals surface area contributed by atoms with Gasteiger partial charge in [0.15, 0.2) is 11.4 Å². The lowest BCUT2D eigenvalue weighted by atomic mass is 10.2. The fourth-order valence-electron chi connectivity index (χ4n) is 2.08. The molecule has 9 heteroatoms. The molecule has 1 saturated heterocycles. The number of anilines is 1. The molecular weight excluding hydrogens is 270 g/mol. The minimum absolute atomic E-state index is 0.118. The number of nitrogens with zero attached hydrogens (tertiary/aromatic N) is 3. The smallest absolute Gasteiger partial charge is 0.303 e. The third kappa shape index (κ3) is 2.62. The summed E-state index contributed by atoms with van der Waals surface area (Å²) in [5, 5.41) is 22.0. The van der Waals surface area contributed by atoms with E-state index in [9.17, 15) is 20.2 Å². The Morgan fingerprint density at radius 3 is 2.35 bits per heavy atom. The van der Waals surface area contributed by atoms with Gasteiger partial charge in [-0.15, -0.1) is 0 Å². The van der Waals surface area contributed by atoms with Crippen molar-refractivity contribution in [2.45, 2.75) is 0 Å². The van der Waals surface area contributed by atoms with Crippen LogP contribution in [0.25, 0.3) is 0 Å². The highest BCUT2D eigenvalue weighted by atomic mass is 16.6. The molecule has 1 fully saturated rings. The number of nitro benzene ring substituents is 2. The Bertz CT molecular complexity index is 541. The standard InChI is InChI=1S/C11H13N3O6/c1-19-10-7-8(13(15)16)6-9(14(17)18)11(10)12-2-4-20-5-3-12/h6-7H,2-5H2,1H3. The zero-order valence-electron chi connectivity index (χ0n) is 10.8. The van der Waals surface area contributed by atoms with Crippen molar-refractivity contribution in [2.75, 3.05) is 38.3 Å². The zero-order valence-corrected chi connectivity index (χ0v) is 10.8. The molecule has 20 heavy (non-hydrogen) atoms. The Morgan fingerprint density at radius 1 is 1.20 bits per heavy atom. The molecule has 0 amide bonds. The normalized spacial score (nSPS) is 14.9. The molecule has 1 aromatic rings. The molecule has 0 radical (unpaired) electrons. The van der Waals surface area contributed by atoms with E-state index < -0.39 is 9.85 Å². The number of hydrogen-bond acceptors (Lipinski definition) is 7. The lowest BCUT2D eigenvalue weighted by Gasteiger charge is -2.29. The second kappa shape index (κ2) is 5.70. The van der Waals surface area contributed by atoms with E-state index in [-0.39, 0.29) is 22.8 Å². The second-order valence-corrected chi connectivity index (χ2v) is 4.13. The first kappa shape index (κ1) is 14.0. The maximum atomic E-state index is 11.2. The average molecular weight is 283 g/mol. The number of nitro groups is 2. The lowest BCUT2D eigenvalue weighted by molar-refractivity contribution is -0.393. The highest BCUT2D eigenvalue weighted by Crippen LogP contribution is 2.41. The molecule has 0 saturated carbocycles. The van der Waals surface area contributed by atoms with Crippen molar-refractivity contribution in [2.24, 2.45) is 0 Å². The van der Waals surface area contributed by atoms with Gasteiger partial charge in [-0.2, -0.15) is 0 Å². The topological polar surface area (TPSA) is 108 Å². The number of ether oxygens (including phenoxy) is 2. The quantitative estimate of drug-likeness (QED) is 0.606. The van der Waals surface area contributed by atoms with Crippen LogP contribution >= 0.6 is 0 Å². The van der Waals surface area contributed by atoms with E-state index in [1.807, 2.05) is 0 Å². The minimum atomic E-state index is -0.682. The van der Waals surface area contributed by atoms with Crippen LogP contribution in [0, 0.1) is 20.2 Å². The summed E-state index contributed by atoms with van der Waals surface area (Å²) in [5.74, 6) is 0.118. The summed E-state index contributed by atoms with van der Waals surface area (Å²) in [6, 6.07) is 2.14. The molecule has 0 aliphatic carbocycles. The minimum Gasteiger partial charge on any atom is -0.494 e. The fraction of sp³-hybridized carbons (Fsp3) is 0.455. The molecule has 108 valence electrons. The molecule has 0 bridgehead atoms. The van der Waals surface area contributed by atoms with Gasteiger partial charge >= 0.3 is 5.69 Å². The van der Waals surface area contributed by atoms with Crippen molar-refractivity contribution in [3.05, 3.63) is 32.4 Å². The fourth-order valence-corrected chi connectivity index (χ4v) is 2.08. The molecule has 1 aliphatic heterocycles. The van der Waals surface area contributed by atoms with Gasteiger partial charge in [-0.3, -0.25) is 20.2 Å². The Morgan fingerprint density at radius 2 is 1.85 bits per heavy atom. The molecule has 1 aliphatic rings. The summed E-state index contributed by atoms with van der Waals surface area (Å²) >= 11 is 0. The van der Waals surface area contributed by atoms with Gasteiger partial charge in [0, 0.05) is 13.1 Å². The summed E-state index contributed by atoms with van der Waals surface area (Å²) in [6.45, 7) is 1.82. The van der Waals surface area contributed by atoms with Crippen LogP contribution in [-0.2, 0) is 4.74 Å². The molecule has 0 aromatic heterocycles. The van der Waals surface area contributed by atoms with Gasteiger partial charge in [0.2, 0.25) is 0 Å². The number of benzene rings is 1. The van der Waals surface area contributed by atoms with E-state index >= 15 is 0 Å². The molecule has 9 nitrogen and oxygen atoms in total. The first-order valence-electron chi connectivity index (χ1n) is 5.88. The number of non-ortho nitro benzene ring substituents is 1. The summed E-state index contributed by atoms with van der Waals surface area (Å²) in [7, 11) is 1.33. The highest BCUT2D eigenvalue weighted by Gasteiger charge is 2.29. The molecule has 0 atom stereocenters. The Labute approximate surface area is 114 Å². The van der Waals surface area contributed by atoms with Gasteiger partial charge in [-0.05, 0) is 0 Å². The van der Waals surface area contributed by atoms with Crippen molar-refractivity contribution in [1.29, 1.82) is 0 Å². The van der Waals surface area contributed by atoms with Gasteiger partial charge in [0.05, 0.1) is 42.3 Å². The molecular formula is C11H13N3O6. The van der Waals surface area contributed by atoms with Crippen LogP contribution in [0.5, 0.6) is 5.75 Å². The van der Waals surface area contributed by atoms with Crippen molar-refractivity contribution in [3.8, 4) is 5.75 Å². The largest absolute Gasteiger partial charge is 0.494 e. The van der Waals surface area contributed by atoms with Crippen LogP contribution in [0.15, 0.2) is 12.1 Å². The van der Waals surface area contributed by atoms with E-state index in [0.29, 0.717) is 26.3 Å². The van der Waals surface area contributed by atoms with E-state index in [1.165, 1.54) is 13.2 Å². The number of methoxy groups -OCH3 is 1. The van der Waals surface area contributed by atoms with E-state index in [0.717, 1.165) is 6.07 Å². The Hall–Kier alpha value is -2.42. The molecule has 0 N–H and O–H groups in total. The molecule has 1 aromatic carbocycles. The van der Waals surface area contributed by atoms with Gasteiger partial charge in [-0.25, -0.2) is 0 Å². The van der Waals surface area contributed by atoms with Crippen LogP contribution < -0.4 is 9.64 Å². The monoisotopic (exact) mass is 283 g/mol. The van der Waals surface area contributed by atoms with E-state index in [1.54, 1.807) is 4.90 Å². The molecule has 0 unspecified atom stereocenters. The molecule has 2 rings (SSSR count). The predicted molar refractivity (Wildman–Crippen MR) is 69.3 cm³/mol. The van der Waals surface area contributed by atoms with Gasteiger partial charge in [0.1, 0.15) is 0 Å². The second-order valence-electron chi connectivity index (χ2n) is 4.13. The van der Waals surface area contributed by atoms with E-state index in [4.69, 9.17) is 9.47 Å². The predicted octanol–water partition coefficient (Wildman–Crippen LogP) is 1.35. The number of morpholine rings is 1. The zero-order chi connectivity index (χ0) is 14.7. The van der Waals surface area contributed by atoms with E-state index in [2.05, 4.69) is 0 Å². The number of hydrogen-bond donors (Lipinski definition) is 0. The Kier molecular flexibility index (Phi) is 3.99. The SMILES string of the molecule is COc1cc([N+](=O)[O-])cc([N+](=O)[O-])c1N1CCOCC1. The van der Waals surface area contributed by atoms with Crippen LogP contribution in [0.4, 0.5) is 17.1 Å². The Balaban J connectivity index is 2.56. The maximum absolute atomic E-state index is 11.2. The first-order valence-corrected chi connectivity index (χ1v) is 5.88. The van der Waals surface area contributed by atoms with Gasteiger partial charge in [0.25, 0.3) is 5.69 Å². The lowest BCUT2D eigenvalue weighted by Crippen LogP contribution is -2.36. The van der Waals surface area contributed by atoms with Crippen LogP contribution in [0.2, 0.25) is 0 Å². The molecule has 1 heterocycles. The summed E-state index contributed by atoms with van der Waals surface area (Å²) in [4.78, 5) is 22.4. The van der Waals surface area contributed by atoms with Gasteiger partial charge in [-0.1, -0.05) is 0 Å². The van der Waals surface area contributed by atoms with Crippen molar-refractivity contribution < 1.29 is 19.3 Å². The van der Waals surface area contributed by atoms with Gasteiger partial charge < -0.3 is 14.4 Å². The van der Waals surface area contributed by atoms with Crippen molar-refractivity contribution in [3.63, 3.8) is 0 Å². The van der Waals surface area contributed by atoms with Crippen molar-refractivity contribution >= 4 is 17.1 Å². The van der Waals surface area contributed by atoms with Crippen LogP contribution in [0.1, 0.15) is 0 Å². The van der Waals surface area contributed by atoms with Crippen LogP contribution in [-0.4, -0.2) is 43.3 Å². The summed E-state index contributed by atoms with van der Waals surface area (Å²) < 4.78 is 10.3. The van der Waals surface area contributed by atoms with Crippen molar-refractivity contribution in [1.82, 2.24) is 0 Å². The third-order valence-corrected chi connectivity index (χ3v) is 2.99. The first-order chi connectivity index (χ1) is 9.54. The third-order valence-electron chi connectivity index (χ3n) is 2.99. The summed E-state index contributed by atoms with van der Waals surface area (Å²) in [5.41, 5.74) is -0.449. The molecule has 0 spiro atoms. The average Bonchev–Trinajstić information content (AvgIpc) is 2.46. The number of rotatable bonds is 4. The maximum Gasteiger partial charge on any atom is 0.303 e. The highest BCUT2D eigenvalue weighted by molar-refractivity contribution is 5.75. The van der Waals surface area contributed by atoms with Crippen LogP contribution in [0.3, 0.4) is 0 Å².